The van der Waals surface area contributed by atoms with Gasteiger partial charge in [0.05, 0.1) is 0 Å². The summed E-state index contributed by atoms with van der Waals surface area (Å²) < 4.78 is 34.2. The van der Waals surface area contributed by atoms with Crippen molar-refractivity contribution in [1.82, 2.24) is 0 Å². The second kappa shape index (κ2) is 29.0. The Bertz CT molecular complexity index is 907. The van der Waals surface area contributed by atoms with Crippen LogP contribution in [0.4, 0.5) is 0 Å². The van der Waals surface area contributed by atoms with Crippen LogP contribution < -0.4 is 0 Å². The molecule has 48 heavy (non-hydrogen) atoms. The zero-order valence-corrected chi connectivity index (χ0v) is 29.9. The Morgan fingerprint density at radius 1 is 0.521 bits per heavy atom. The highest BCUT2D eigenvalue weighted by molar-refractivity contribution is 5.73. The summed E-state index contributed by atoms with van der Waals surface area (Å²) in [5.41, 5.74) is 0. The van der Waals surface area contributed by atoms with Gasteiger partial charge in [-0.3, -0.25) is 19.2 Å². The van der Waals surface area contributed by atoms with Gasteiger partial charge in [0.15, 0.2) is 12.2 Å². The molecule has 278 valence electrons. The highest BCUT2D eigenvalue weighted by Gasteiger charge is 2.54. The first-order chi connectivity index (χ1) is 23.2. The lowest BCUT2D eigenvalue weighted by atomic mass is 9.97. The van der Waals surface area contributed by atoms with E-state index in [4.69, 9.17) is 28.4 Å². The van der Waals surface area contributed by atoms with E-state index in [1.807, 2.05) is 20.8 Å². The van der Waals surface area contributed by atoms with Crippen molar-refractivity contribution in [1.29, 1.82) is 0 Å². The fraction of sp³-hybridized carbons (Fsp3) is 0.806. The summed E-state index contributed by atoms with van der Waals surface area (Å²) in [6, 6.07) is 0. The van der Waals surface area contributed by atoms with Gasteiger partial charge in [0.1, 0.15) is 19.3 Å². The number of rotatable bonds is 25. The molecule has 0 radical (unpaired) electrons. The Kier molecular flexibility index (Phi) is 27.2. The number of aliphatic hydroxyl groups excluding tert-OH is 1. The summed E-state index contributed by atoms with van der Waals surface area (Å²) >= 11 is 0. The molecule has 12 nitrogen and oxygen atoms in total. The molecule has 1 N–H and O–H groups in total. The van der Waals surface area contributed by atoms with Crippen LogP contribution in [0.3, 0.4) is 0 Å². The lowest BCUT2D eigenvalue weighted by Crippen LogP contribution is -2.63. The van der Waals surface area contributed by atoms with Crippen molar-refractivity contribution in [3.05, 3.63) is 13.2 Å². The number of hydrogen-bond donors (Lipinski definition) is 1. The van der Waals surface area contributed by atoms with Crippen LogP contribution in [0.2, 0.25) is 0 Å². The summed E-state index contributed by atoms with van der Waals surface area (Å²) in [5.74, 6) is -3.45. The van der Waals surface area contributed by atoms with Gasteiger partial charge in [-0.2, -0.15) is 0 Å². The third-order valence-electron chi connectivity index (χ3n) is 7.62. The first kappa shape index (κ1) is 45.0. The molecule has 1 heterocycles. The Balaban J connectivity index is 0.0000108. The van der Waals surface area contributed by atoms with E-state index in [0.717, 1.165) is 64.2 Å². The van der Waals surface area contributed by atoms with Crippen molar-refractivity contribution >= 4 is 29.8 Å². The van der Waals surface area contributed by atoms with Crippen LogP contribution in [-0.4, -0.2) is 78.9 Å². The van der Waals surface area contributed by atoms with Crippen LogP contribution in [0.1, 0.15) is 143 Å². The van der Waals surface area contributed by atoms with Crippen LogP contribution in [0.5, 0.6) is 0 Å². The van der Waals surface area contributed by atoms with Crippen molar-refractivity contribution in [2.24, 2.45) is 0 Å². The molecular weight excluding hydrogens is 624 g/mol. The minimum Gasteiger partial charge on any atom is -0.463 e. The molecule has 0 unspecified atom stereocenters. The first-order valence-electron chi connectivity index (χ1n) is 17.9. The van der Waals surface area contributed by atoms with Gasteiger partial charge in [0.2, 0.25) is 12.4 Å². The summed E-state index contributed by atoms with van der Waals surface area (Å²) in [5, 5.41) is 9.41. The second-order valence-corrected chi connectivity index (χ2v) is 11.8. The molecule has 1 rings (SSSR count). The Morgan fingerprint density at radius 2 is 0.917 bits per heavy atom. The maximum Gasteiger partial charge on any atom is 0.334 e. The smallest absolute Gasteiger partial charge is 0.334 e. The highest BCUT2D eigenvalue weighted by Crippen LogP contribution is 2.31. The van der Waals surface area contributed by atoms with Crippen molar-refractivity contribution in [2.75, 3.05) is 13.2 Å². The average Bonchev–Trinajstić information content (AvgIpc) is 3.07. The van der Waals surface area contributed by atoms with Gasteiger partial charge in [0.25, 0.3) is 0 Å². The molecular formula is C36H62O12. The monoisotopic (exact) mass is 686 g/mol. The van der Waals surface area contributed by atoms with Crippen LogP contribution in [0.15, 0.2) is 13.2 Å². The van der Waals surface area contributed by atoms with Crippen molar-refractivity contribution < 1.29 is 57.5 Å². The summed E-state index contributed by atoms with van der Waals surface area (Å²) in [6.45, 7) is 12.7. The van der Waals surface area contributed by atoms with E-state index in [-0.39, 0.29) is 25.7 Å². The lowest BCUT2D eigenvalue weighted by molar-refractivity contribution is -0.302. The largest absolute Gasteiger partial charge is 0.463 e. The first-order valence-corrected chi connectivity index (χ1v) is 17.9. The fourth-order valence-corrected chi connectivity index (χ4v) is 4.99. The van der Waals surface area contributed by atoms with Gasteiger partial charge in [-0.1, -0.05) is 91.9 Å². The molecule has 0 amide bonds. The molecule has 1 aliphatic rings. The molecule has 0 saturated carbocycles. The molecule has 0 bridgehead atoms. The summed E-state index contributed by atoms with van der Waals surface area (Å²) in [4.78, 5) is 63.8. The lowest BCUT2D eigenvalue weighted by Gasteiger charge is -2.44. The predicted molar refractivity (Wildman–Crippen MR) is 179 cm³/mol. The van der Waals surface area contributed by atoms with Crippen molar-refractivity contribution in [3.63, 3.8) is 0 Å². The molecule has 5 atom stereocenters. The topological polar surface area (TPSA) is 161 Å². The molecule has 0 spiro atoms. The number of aliphatic hydroxyl groups is 1. The van der Waals surface area contributed by atoms with Crippen LogP contribution in [0.25, 0.3) is 0 Å². The summed E-state index contributed by atoms with van der Waals surface area (Å²) in [6.07, 6.45) is 4.39. The Morgan fingerprint density at radius 3 is 1.40 bits per heavy atom. The minimum absolute atomic E-state index is 0.0539. The van der Waals surface area contributed by atoms with E-state index < -0.39 is 73.8 Å². The van der Waals surface area contributed by atoms with Crippen molar-refractivity contribution in [2.45, 2.75) is 174 Å². The third kappa shape index (κ3) is 19.7. The number of hydrogen-bond acceptors (Lipinski definition) is 12. The van der Waals surface area contributed by atoms with Gasteiger partial charge >= 0.3 is 29.8 Å². The van der Waals surface area contributed by atoms with E-state index >= 15 is 0 Å². The number of ether oxygens (including phenoxy) is 6. The quantitative estimate of drug-likeness (QED) is 0.0486. The maximum absolute atomic E-state index is 13.1. The Labute approximate surface area is 287 Å². The van der Waals surface area contributed by atoms with Gasteiger partial charge in [0, 0.05) is 25.7 Å². The number of carbonyl (C=O) groups excluding carboxylic acids is 5. The molecule has 0 aliphatic carbocycles. The van der Waals surface area contributed by atoms with Gasteiger partial charge in [-0.15, -0.1) is 13.2 Å². The van der Waals surface area contributed by atoms with E-state index in [0.29, 0.717) is 25.7 Å². The molecule has 0 aromatic heterocycles. The van der Waals surface area contributed by atoms with Crippen molar-refractivity contribution in [3.8, 4) is 0 Å². The minimum atomic E-state index is -1.64. The second-order valence-electron chi connectivity index (χ2n) is 11.8. The zero-order valence-electron chi connectivity index (χ0n) is 29.9. The normalized spacial score (nSPS) is 20.1. The summed E-state index contributed by atoms with van der Waals surface area (Å²) in [7, 11) is 0. The van der Waals surface area contributed by atoms with E-state index in [1.54, 1.807) is 0 Å². The number of unbranched alkanes of at least 4 members (excludes halogenated alkanes) is 10. The molecule has 12 heteroatoms. The van der Waals surface area contributed by atoms with Crippen LogP contribution in [-0.2, 0) is 52.4 Å². The SMILES string of the molecule is C=C.CCCCCCCC(=O)O[C@@H]1[C@H](OC(=O)CO)O[C@H](COC(=O)CCCCC)[C@@H](OC(=O)CCCCC)[C@@H]1OC(=O)CCCCC. The van der Waals surface area contributed by atoms with Crippen LogP contribution in [0, 0.1) is 0 Å². The number of carbonyl (C=O) groups is 5. The molecule has 0 aromatic rings. The third-order valence-corrected chi connectivity index (χ3v) is 7.62. The van der Waals surface area contributed by atoms with E-state index in [9.17, 15) is 29.1 Å². The standard InChI is InChI=1S/C34H58O12.C2H4/c1-5-9-13-14-18-22-29(39)45-33-32(44-28(38)21-17-12-8-4)31(43-27(37)20-16-11-7-3)25(42-34(33)46-30(40)23-35)24-41-26(36)19-15-10-6-2;1-2/h25,31-35H,5-24H2,1-4H3;1-2H2/t25-,31-,32+,33+,34+;/m1./s1. The van der Waals surface area contributed by atoms with Gasteiger partial charge in [-0.25, -0.2) is 4.79 Å². The zero-order chi connectivity index (χ0) is 36.2. The van der Waals surface area contributed by atoms with Gasteiger partial charge in [-0.05, 0) is 25.7 Å². The maximum atomic E-state index is 13.1. The molecule has 1 aliphatic heterocycles. The molecule has 1 saturated heterocycles. The Hall–Kier alpha value is -2.99. The number of esters is 5. The van der Waals surface area contributed by atoms with E-state index in [1.165, 1.54) is 0 Å². The molecule has 1 fully saturated rings. The van der Waals surface area contributed by atoms with Crippen LogP contribution >= 0.6 is 0 Å². The predicted octanol–water partition coefficient (Wildman–Crippen LogP) is 6.43. The highest BCUT2D eigenvalue weighted by atomic mass is 16.7. The van der Waals surface area contributed by atoms with E-state index in [2.05, 4.69) is 20.1 Å². The molecule has 0 aromatic carbocycles. The fourth-order valence-electron chi connectivity index (χ4n) is 4.99. The van der Waals surface area contributed by atoms with Gasteiger partial charge < -0.3 is 33.5 Å². The average molecular weight is 687 g/mol.